The van der Waals surface area contributed by atoms with Crippen LogP contribution >= 0.6 is 47.2 Å². The van der Waals surface area contributed by atoms with Gasteiger partial charge in [-0.05, 0) is 59.7 Å². The van der Waals surface area contributed by atoms with Crippen LogP contribution in [0.1, 0.15) is 23.7 Å². The molecule has 0 radical (unpaired) electrons. The van der Waals surface area contributed by atoms with E-state index in [1.165, 1.54) is 24.3 Å². The maximum absolute atomic E-state index is 13.0. The van der Waals surface area contributed by atoms with E-state index in [1.807, 2.05) is 70.7 Å². The topological polar surface area (TPSA) is 44.8 Å². The van der Waals surface area contributed by atoms with E-state index in [-0.39, 0.29) is 30.6 Å². The summed E-state index contributed by atoms with van der Waals surface area (Å²) in [4.78, 5) is 16.3. The number of anilines is 1. The number of alkyl halides is 1. The number of nitrogens with zero attached hydrogens (tertiary/aromatic N) is 2. The molecule has 2 atom stereocenters. The number of benzene rings is 3. The number of nitrogens with one attached hydrogen (secondary N) is 1. The minimum Gasteiger partial charge on any atom is -0.365 e. The second-order valence-corrected chi connectivity index (χ2v) is 9.67. The van der Waals surface area contributed by atoms with Gasteiger partial charge < -0.3 is 19.9 Å². The summed E-state index contributed by atoms with van der Waals surface area (Å²) in [5, 5.41) is 4.07. The first-order chi connectivity index (χ1) is 17.4. The van der Waals surface area contributed by atoms with E-state index in [0.717, 1.165) is 11.1 Å². The first-order valence-electron chi connectivity index (χ1n) is 11.4. The van der Waals surface area contributed by atoms with Gasteiger partial charge in [-0.15, -0.1) is 12.4 Å². The Morgan fingerprint density at radius 1 is 0.946 bits per heavy atom. The van der Waals surface area contributed by atoms with Crippen LogP contribution in [0.15, 0.2) is 85.2 Å². The minimum absolute atomic E-state index is 0. The highest BCUT2D eigenvalue weighted by Crippen LogP contribution is 2.32. The normalized spacial score (nSPS) is 14.3. The number of ether oxygens (including phenoxy) is 1. The molecule has 0 aliphatic carbocycles. The van der Waals surface area contributed by atoms with Crippen molar-refractivity contribution in [1.29, 1.82) is 0 Å². The van der Waals surface area contributed by atoms with Gasteiger partial charge in [-0.3, -0.25) is 4.79 Å². The minimum atomic E-state index is -0.507. The van der Waals surface area contributed by atoms with Gasteiger partial charge in [0.25, 0.3) is 0 Å². The molecule has 0 spiro atoms. The SMILES string of the molecule is Cl.O=C(CCN1C=CN(C(Cl)C(OCc2ccc(Cl)cc2)c2ccc(Cl)cc2)C1)Nc1ccc(F)cc1. The van der Waals surface area contributed by atoms with Gasteiger partial charge in [-0.25, -0.2) is 4.39 Å². The van der Waals surface area contributed by atoms with Gasteiger partial charge in [0.15, 0.2) is 0 Å². The summed E-state index contributed by atoms with van der Waals surface area (Å²) in [6.07, 6.45) is 3.63. The Balaban J connectivity index is 0.00000380. The Bertz CT molecular complexity index is 1180. The summed E-state index contributed by atoms with van der Waals surface area (Å²) in [5.41, 5.74) is 1.93. The summed E-state index contributed by atoms with van der Waals surface area (Å²) >= 11 is 19.0. The number of amides is 1. The van der Waals surface area contributed by atoms with Crippen LogP contribution in [-0.2, 0) is 16.1 Å². The van der Waals surface area contributed by atoms with Crippen molar-refractivity contribution < 1.29 is 13.9 Å². The van der Waals surface area contributed by atoms with Gasteiger partial charge in [0.1, 0.15) is 17.4 Å². The molecule has 3 aromatic carbocycles. The molecule has 5 nitrogen and oxygen atoms in total. The molecule has 1 N–H and O–H groups in total. The zero-order valence-corrected chi connectivity index (χ0v) is 22.8. The van der Waals surface area contributed by atoms with Gasteiger partial charge in [-0.2, -0.15) is 0 Å². The maximum atomic E-state index is 13.0. The molecule has 37 heavy (non-hydrogen) atoms. The smallest absolute Gasteiger partial charge is 0.226 e. The van der Waals surface area contributed by atoms with Gasteiger partial charge in [0.05, 0.1) is 13.3 Å². The zero-order valence-electron chi connectivity index (χ0n) is 19.7. The predicted octanol–water partition coefficient (Wildman–Crippen LogP) is 7.45. The lowest BCUT2D eigenvalue weighted by atomic mass is 10.1. The van der Waals surface area contributed by atoms with Crippen molar-refractivity contribution >= 4 is 58.8 Å². The van der Waals surface area contributed by atoms with Crippen LogP contribution in [0.3, 0.4) is 0 Å². The maximum Gasteiger partial charge on any atom is 0.226 e. The Morgan fingerprint density at radius 3 is 2.22 bits per heavy atom. The lowest BCUT2D eigenvalue weighted by molar-refractivity contribution is -0.116. The Morgan fingerprint density at radius 2 is 1.57 bits per heavy atom. The van der Waals surface area contributed by atoms with Crippen LogP contribution < -0.4 is 5.32 Å². The fourth-order valence-corrected chi connectivity index (χ4v) is 4.32. The standard InChI is InChI=1S/C27H25Cl3FN3O2.ClH/c28-21-5-1-19(2-6-21)17-36-26(20-3-7-22(29)8-4-20)27(30)34-16-15-33(18-34)14-13-25(35)32-24-11-9-23(31)10-12-24;/h1-12,15-16,26-27H,13-14,17-18H2,(H,32,35);1H. The van der Waals surface area contributed by atoms with Crippen LogP contribution in [0.5, 0.6) is 0 Å². The fourth-order valence-electron chi connectivity index (χ4n) is 3.72. The van der Waals surface area contributed by atoms with E-state index in [0.29, 0.717) is 35.6 Å². The van der Waals surface area contributed by atoms with Crippen LogP contribution in [0, 0.1) is 5.82 Å². The predicted molar refractivity (Wildman–Crippen MR) is 150 cm³/mol. The van der Waals surface area contributed by atoms with Crippen molar-refractivity contribution in [3.05, 3.63) is 112 Å². The first-order valence-corrected chi connectivity index (χ1v) is 12.6. The molecule has 196 valence electrons. The van der Waals surface area contributed by atoms with Crippen LogP contribution in [0.25, 0.3) is 0 Å². The number of halogens is 5. The van der Waals surface area contributed by atoms with E-state index in [4.69, 9.17) is 39.5 Å². The summed E-state index contributed by atoms with van der Waals surface area (Å²) in [7, 11) is 0. The molecule has 2 unspecified atom stereocenters. The van der Waals surface area contributed by atoms with Crippen molar-refractivity contribution in [1.82, 2.24) is 9.80 Å². The van der Waals surface area contributed by atoms with Crippen LogP contribution in [0.4, 0.5) is 10.1 Å². The highest BCUT2D eigenvalue weighted by molar-refractivity contribution is 6.30. The summed E-state index contributed by atoms with van der Waals surface area (Å²) in [6.45, 7) is 1.37. The van der Waals surface area contributed by atoms with E-state index >= 15 is 0 Å². The van der Waals surface area contributed by atoms with Gasteiger partial charge >= 0.3 is 0 Å². The Kier molecular flexibility index (Phi) is 10.9. The number of rotatable bonds is 10. The second-order valence-electron chi connectivity index (χ2n) is 8.35. The van der Waals surface area contributed by atoms with E-state index in [9.17, 15) is 9.18 Å². The third-order valence-corrected chi connectivity index (χ3v) is 6.66. The first kappa shape index (κ1) is 29.1. The third-order valence-electron chi connectivity index (χ3n) is 5.68. The van der Waals surface area contributed by atoms with Crippen molar-refractivity contribution in [2.45, 2.75) is 24.6 Å². The lowest BCUT2D eigenvalue weighted by Gasteiger charge is -2.31. The molecule has 1 amide bonds. The van der Waals surface area contributed by atoms with Crippen molar-refractivity contribution in [2.75, 3.05) is 18.5 Å². The molecule has 0 saturated carbocycles. The Hall–Kier alpha value is -2.48. The summed E-state index contributed by atoms with van der Waals surface area (Å²) in [6, 6.07) is 20.6. The number of carbonyl (C=O) groups is 1. The second kappa shape index (κ2) is 13.9. The molecule has 3 aromatic rings. The van der Waals surface area contributed by atoms with Gasteiger partial charge in [0, 0.05) is 41.1 Å². The van der Waals surface area contributed by atoms with Gasteiger partial charge in [0.2, 0.25) is 5.91 Å². The van der Waals surface area contributed by atoms with E-state index in [1.54, 1.807) is 0 Å². The molecule has 1 aliphatic heterocycles. The quantitative estimate of drug-likeness (QED) is 0.198. The number of carbonyl (C=O) groups excluding carboxylic acids is 1. The molecular weight excluding hydrogens is 559 g/mol. The van der Waals surface area contributed by atoms with Crippen LogP contribution in [0.2, 0.25) is 10.0 Å². The highest BCUT2D eigenvalue weighted by atomic mass is 35.5. The molecule has 0 saturated heterocycles. The molecule has 1 aliphatic rings. The van der Waals surface area contributed by atoms with Crippen molar-refractivity contribution in [2.24, 2.45) is 0 Å². The largest absolute Gasteiger partial charge is 0.365 e. The van der Waals surface area contributed by atoms with Gasteiger partial charge in [-0.1, -0.05) is 59.1 Å². The molecule has 4 rings (SSSR count). The molecule has 10 heteroatoms. The third kappa shape index (κ3) is 8.52. The number of hydrogen-bond acceptors (Lipinski definition) is 4. The van der Waals surface area contributed by atoms with Crippen molar-refractivity contribution in [3.8, 4) is 0 Å². The molecular formula is C27H26Cl4FN3O2. The van der Waals surface area contributed by atoms with E-state index in [2.05, 4.69) is 5.32 Å². The molecule has 1 heterocycles. The highest BCUT2D eigenvalue weighted by Gasteiger charge is 2.29. The zero-order chi connectivity index (χ0) is 25.5. The van der Waals surface area contributed by atoms with Crippen LogP contribution in [-0.4, -0.2) is 34.4 Å². The summed E-state index contributed by atoms with van der Waals surface area (Å²) < 4.78 is 19.3. The average molecular weight is 585 g/mol. The fraction of sp³-hybridized carbons (Fsp3) is 0.222. The monoisotopic (exact) mass is 583 g/mol. The lowest BCUT2D eigenvalue weighted by Crippen LogP contribution is -2.36. The molecule has 0 fully saturated rings. The van der Waals surface area contributed by atoms with Crippen molar-refractivity contribution in [3.63, 3.8) is 0 Å². The number of hydrogen-bond donors (Lipinski definition) is 1. The molecule has 0 aromatic heterocycles. The van der Waals surface area contributed by atoms with E-state index < -0.39 is 11.6 Å². The average Bonchev–Trinajstić information content (AvgIpc) is 3.35. The molecule has 0 bridgehead atoms. The summed E-state index contributed by atoms with van der Waals surface area (Å²) in [5.74, 6) is -0.499. The Labute approximate surface area is 237 Å².